The highest BCUT2D eigenvalue weighted by Crippen LogP contribution is 2.51. The summed E-state index contributed by atoms with van der Waals surface area (Å²) < 4.78 is 0. The molecule has 0 spiro atoms. The summed E-state index contributed by atoms with van der Waals surface area (Å²) in [6.07, 6.45) is 26.3. The van der Waals surface area contributed by atoms with Crippen LogP contribution in [0.4, 0.5) is 0 Å². The van der Waals surface area contributed by atoms with Gasteiger partial charge < -0.3 is 0 Å². The average molecular weight is 334 g/mol. The molecule has 0 N–H and O–H groups in total. The van der Waals surface area contributed by atoms with Gasteiger partial charge in [0, 0.05) is 23.5 Å². The Morgan fingerprint density at radius 1 is 1.35 bits per heavy atom. The lowest BCUT2D eigenvalue weighted by Gasteiger charge is -2.21. The van der Waals surface area contributed by atoms with Gasteiger partial charge in [0.25, 0.3) is 0 Å². The monoisotopic (exact) mass is 334 g/mol. The second-order valence-electron chi connectivity index (χ2n) is 5.64. The standard InChI is InChI=1S/C21H19PS/c1-2-3-12-17-18-13-9-14-19(22)21(18)23-20(17)15-16-10-7-5-4-6-8-11-16/h1,3-5,7,9-10,12-14,16,18,21H,6,15,22H2/b5-4-,10-7-,12-3-. The third-order valence-corrected chi connectivity index (χ3v) is 6.37. The number of terminal acetylenes is 1. The van der Waals surface area contributed by atoms with Gasteiger partial charge in [-0.25, -0.2) is 0 Å². The summed E-state index contributed by atoms with van der Waals surface area (Å²) in [4.78, 5) is 1.42. The average Bonchev–Trinajstić information content (AvgIpc) is 2.87. The maximum absolute atomic E-state index is 5.43. The zero-order valence-corrected chi connectivity index (χ0v) is 14.9. The Bertz CT molecular complexity index is 756. The summed E-state index contributed by atoms with van der Waals surface area (Å²) in [6.45, 7) is 0. The minimum atomic E-state index is 0.276. The molecule has 2 heteroatoms. The Morgan fingerprint density at radius 3 is 3.13 bits per heavy atom. The van der Waals surface area contributed by atoms with E-state index in [1.807, 2.05) is 17.8 Å². The maximum Gasteiger partial charge on any atom is 0.0444 e. The maximum atomic E-state index is 5.43. The first-order valence-electron chi connectivity index (χ1n) is 7.77. The molecule has 0 nitrogen and oxygen atoms in total. The first-order chi connectivity index (χ1) is 11.3. The number of hydrogen-bond acceptors (Lipinski definition) is 1. The lowest BCUT2D eigenvalue weighted by Crippen LogP contribution is -2.14. The molecule has 4 atom stereocenters. The molecule has 0 saturated heterocycles. The highest BCUT2D eigenvalue weighted by molar-refractivity contribution is 8.04. The summed E-state index contributed by atoms with van der Waals surface area (Å²) in [5.74, 6) is 9.94. The van der Waals surface area contributed by atoms with Crippen molar-refractivity contribution >= 4 is 21.0 Å². The molecule has 3 rings (SSSR count). The third kappa shape index (κ3) is 3.82. The van der Waals surface area contributed by atoms with Crippen LogP contribution >= 0.6 is 21.0 Å². The molecule has 1 aliphatic heterocycles. The summed E-state index contributed by atoms with van der Waals surface area (Å²) in [7, 11) is 2.88. The molecule has 1 heterocycles. The van der Waals surface area contributed by atoms with E-state index in [1.54, 1.807) is 0 Å². The van der Waals surface area contributed by atoms with Crippen molar-refractivity contribution in [2.45, 2.75) is 18.1 Å². The largest absolute Gasteiger partial charge is 0.121 e. The molecular weight excluding hydrogens is 315 g/mol. The molecule has 2 aliphatic carbocycles. The van der Waals surface area contributed by atoms with E-state index in [4.69, 9.17) is 6.42 Å². The normalized spacial score (nSPS) is 31.5. The van der Waals surface area contributed by atoms with Crippen molar-refractivity contribution in [3.05, 3.63) is 70.5 Å². The van der Waals surface area contributed by atoms with Crippen LogP contribution in [0, 0.1) is 36.0 Å². The van der Waals surface area contributed by atoms with Gasteiger partial charge in [-0.1, -0.05) is 60.3 Å². The van der Waals surface area contributed by atoms with Crippen LogP contribution in [0.2, 0.25) is 0 Å². The molecule has 4 unspecified atom stereocenters. The molecule has 114 valence electrons. The van der Waals surface area contributed by atoms with Gasteiger partial charge in [0.15, 0.2) is 0 Å². The van der Waals surface area contributed by atoms with E-state index < -0.39 is 0 Å². The van der Waals surface area contributed by atoms with Crippen molar-refractivity contribution in [3.8, 4) is 24.2 Å². The van der Waals surface area contributed by atoms with E-state index in [9.17, 15) is 0 Å². The summed E-state index contributed by atoms with van der Waals surface area (Å²) in [5, 5.41) is 1.83. The van der Waals surface area contributed by atoms with Crippen molar-refractivity contribution in [1.82, 2.24) is 0 Å². The molecule has 0 fully saturated rings. The van der Waals surface area contributed by atoms with Gasteiger partial charge in [-0.05, 0) is 34.4 Å². The van der Waals surface area contributed by atoms with Crippen LogP contribution in [0.15, 0.2) is 70.5 Å². The van der Waals surface area contributed by atoms with Crippen LogP contribution in [0.25, 0.3) is 0 Å². The second-order valence-corrected chi connectivity index (χ2v) is 7.55. The molecule has 0 bridgehead atoms. The van der Waals surface area contributed by atoms with Crippen molar-refractivity contribution in [1.29, 1.82) is 0 Å². The predicted octanol–water partition coefficient (Wildman–Crippen LogP) is 5.02. The van der Waals surface area contributed by atoms with Crippen LogP contribution in [0.1, 0.15) is 12.8 Å². The zero-order valence-electron chi connectivity index (χ0n) is 12.9. The van der Waals surface area contributed by atoms with Crippen molar-refractivity contribution in [2.24, 2.45) is 11.8 Å². The van der Waals surface area contributed by atoms with Gasteiger partial charge >= 0.3 is 0 Å². The van der Waals surface area contributed by atoms with Gasteiger partial charge in [-0.15, -0.1) is 27.4 Å². The highest BCUT2D eigenvalue weighted by Gasteiger charge is 2.35. The Kier molecular flexibility index (Phi) is 5.46. The molecule has 0 saturated carbocycles. The van der Waals surface area contributed by atoms with E-state index in [2.05, 4.69) is 75.6 Å². The number of thioether (sulfide) groups is 1. The summed E-state index contributed by atoms with van der Waals surface area (Å²) in [6, 6.07) is 0. The molecule has 3 aliphatic rings. The molecule has 0 aromatic heterocycles. The number of rotatable bonds is 3. The van der Waals surface area contributed by atoms with E-state index >= 15 is 0 Å². The molecular formula is C21H19PS. The fourth-order valence-electron chi connectivity index (χ4n) is 2.97. The Hall–Kier alpha value is -1.66. The Balaban J connectivity index is 1.88. The lowest BCUT2D eigenvalue weighted by molar-refractivity contribution is 0.794. The molecule has 0 aromatic rings. The topological polar surface area (TPSA) is 0 Å². The van der Waals surface area contributed by atoms with Gasteiger partial charge in [0.05, 0.1) is 0 Å². The quantitative estimate of drug-likeness (QED) is 0.516. The van der Waals surface area contributed by atoms with Crippen LogP contribution in [-0.2, 0) is 0 Å². The molecule has 0 aromatic carbocycles. The number of allylic oxidation sites excluding steroid dienone is 11. The third-order valence-electron chi connectivity index (χ3n) is 4.07. The Morgan fingerprint density at radius 2 is 2.26 bits per heavy atom. The first-order valence-corrected chi connectivity index (χ1v) is 9.23. The molecule has 0 amide bonds. The molecule has 0 radical (unpaired) electrons. The van der Waals surface area contributed by atoms with Gasteiger partial charge in [0.1, 0.15) is 0 Å². The van der Waals surface area contributed by atoms with Crippen LogP contribution < -0.4 is 0 Å². The zero-order chi connectivity index (χ0) is 16.1. The van der Waals surface area contributed by atoms with Crippen molar-refractivity contribution in [2.75, 3.05) is 0 Å². The van der Waals surface area contributed by atoms with Crippen LogP contribution in [-0.4, -0.2) is 5.25 Å². The predicted molar refractivity (Wildman–Crippen MR) is 106 cm³/mol. The van der Waals surface area contributed by atoms with E-state index in [0.717, 1.165) is 12.8 Å². The van der Waals surface area contributed by atoms with Crippen molar-refractivity contribution < 1.29 is 0 Å². The van der Waals surface area contributed by atoms with E-state index in [0.29, 0.717) is 11.2 Å². The first kappa shape index (κ1) is 16.2. The summed E-state index contributed by atoms with van der Waals surface area (Å²) >= 11 is 1.97. The van der Waals surface area contributed by atoms with E-state index in [1.165, 1.54) is 15.8 Å². The lowest BCUT2D eigenvalue weighted by atomic mass is 9.89. The van der Waals surface area contributed by atoms with Gasteiger partial charge in [-0.2, -0.15) is 0 Å². The minimum Gasteiger partial charge on any atom is -0.121 e. The van der Waals surface area contributed by atoms with Gasteiger partial charge in [-0.3, -0.25) is 0 Å². The Labute approximate surface area is 145 Å². The van der Waals surface area contributed by atoms with Crippen molar-refractivity contribution in [3.63, 3.8) is 0 Å². The SMILES string of the molecule is C#C/C=C\C1=C(CC2C#CC/C=C\C=C/2)SC2C(P)=CC=CC12. The summed E-state index contributed by atoms with van der Waals surface area (Å²) in [5.41, 5.74) is 1.36. The van der Waals surface area contributed by atoms with E-state index in [-0.39, 0.29) is 5.92 Å². The number of hydrogen-bond donors (Lipinski definition) is 0. The van der Waals surface area contributed by atoms with Crippen LogP contribution in [0.5, 0.6) is 0 Å². The van der Waals surface area contributed by atoms with Gasteiger partial charge in [0.2, 0.25) is 0 Å². The smallest absolute Gasteiger partial charge is 0.0444 e. The minimum absolute atomic E-state index is 0.276. The highest BCUT2D eigenvalue weighted by atomic mass is 32.2. The fraction of sp³-hybridized carbons (Fsp3) is 0.238. The molecule has 23 heavy (non-hydrogen) atoms. The fourth-order valence-corrected chi connectivity index (χ4v) is 5.02. The van der Waals surface area contributed by atoms with Crippen LogP contribution in [0.3, 0.4) is 0 Å². The number of fused-ring (bicyclic) bond motifs is 1. The second kappa shape index (κ2) is 7.75.